The molecule has 3 aromatic rings. The average Bonchev–Trinajstić information content (AvgIpc) is 2.93. The van der Waals surface area contributed by atoms with Crippen LogP contribution in [0.5, 0.6) is 0 Å². The zero-order valence-corrected chi connectivity index (χ0v) is 13.6. The zero-order valence-electron chi connectivity index (χ0n) is 13.6. The SMILES string of the molecule is CCC(c1ccccc1)c1nc2cc(C(F)(F)F)ccc2n1CC. The Balaban J connectivity index is 2.16. The molecule has 0 N–H and O–H groups in total. The zero-order chi connectivity index (χ0) is 17.3. The van der Waals surface area contributed by atoms with Gasteiger partial charge in [0.25, 0.3) is 0 Å². The Morgan fingerprint density at radius 2 is 1.75 bits per heavy atom. The number of alkyl halides is 3. The lowest BCUT2D eigenvalue weighted by Gasteiger charge is -2.16. The molecule has 24 heavy (non-hydrogen) atoms. The minimum Gasteiger partial charge on any atom is -0.328 e. The van der Waals surface area contributed by atoms with Gasteiger partial charge in [0.1, 0.15) is 5.82 Å². The summed E-state index contributed by atoms with van der Waals surface area (Å²) in [6, 6.07) is 13.8. The molecule has 0 saturated carbocycles. The fourth-order valence-corrected chi connectivity index (χ4v) is 3.18. The Kier molecular flexibility index (Phi) is 4.35. The van der Waals surface area contributed by atoms with Crippen LogP contribution < -0.4 is 0 Å². The number of hydrogen-bond donors (Lipinski definition) is 0. The molecule has 1 heterocycles. The molecule has 0 fully saturated rings. The molecule has 126 valence electrons. The van der Waals surface area contributed by atoms with E-state index in [1.165, 1.54) is 6.07 Å². The fourth-order valence-electron chi connectivity index (χ4n) is 3.18. The Hall–Kier alpha value is -2.30. The highest BCUT2D eigenvalue weighted by Gasteiger charge is 2.31. The predicted molar refractivity (Wildman–Crippen MR) is 89.0 cm³/mol. The molecular weight excluding hydrogens is 313 g/mol. The quantitative estimate of drug-likeness (QED) is 0.606. The van der Waals surface area contributed by atoms with Gasteiger partial charge >= 0.3 is 6.18 Å². The van der Waals surface area contributed by atoms with Gasteiger partial charge in [0.05, 0.1) is 16.6 Å². The molecule has 2 nitrogen and oxygen atoms in total. The summed E-state index contributed by atoms with van der Waals surface area (Å²) in [5, 5.41) is 0. The molecule has 0 radical (unpaired) electrons. The van der Waals surface area contributed by atoms with E-state index in [4.69, 9.17) is 0 Å². The summed E-state index contributed by atoms with van der Waals surface area (Å²) in [5.41, 5.74) is 1.61. The first kappa shape index (κ1) is 16.6. The van der Waals surface area contributed by atoms with Gasteiger partial charge in [0.2, 0.25) is 0 Å². The van der Waals surface area contributed by atoms with Crippen molar-refractivity contribution < 1.29 is 13.2 Å². The number of nitrogens with zero attached hydrogens (tertiary/aromatic N) is 2. The van der Waals surface area contributed by atoms with E-state index in [-0.39, 0.29) is 5.92 Å². The molecule has 1 unspecified atom stereocenters. The Labute approximate surface area is 138 Å². The van der Waals surface area contributed by atoms with E-state index in [0.29, 0.717) is 12.1 Å². The minimum absolute atomic E-state index is 0.0629. The summed E-state index contributed by atoms with van der Waals surface area (Å²) in [6.07, 6.45) is -3.52. The minimum atomic E-state index is -4.35. The van der Waals surface area contributed by atoms with Crippen molar-refractivity contribution in [1.29, 1.82) is 0 Å². The van der Waals surface area contributed by atoms with Crippen LogP contribution in [0.4, 0.5) is 13.2 Å². The van der Waals surface area contributed by atoms with Gasteiger partial charge in [0.15, 0.2) is 0 Å². The lowest BCUT2D eigenvalue weighted by molar-refractivity contribution is -0.137. The first-order chi connectivity index (χ1) is 11.5. The molecule has 1 atom stereocenters. The van der Waals surface area contributed by atoms with Crippen LogP contribution in [0, 0.1) is 0 Å². The van der Waals surface area contributed by atoms with E-state index < -0.39 is 11.7 Å². The molecule has 1 aromatic heterocycles. The standard InChI is InChI=1S/C19H19F3N2/c1-3-15(13-8-6-5-7-9-13)18-23-16-12-14(19(20,21)22)10-11-17(16)24(18)4-2/h5-12,15H,3-4H2,1-2H3. The maximum atomic E-state index is 13.0. The van der Waals surface area contributed by atoms with Crippen molar-refractivity contribution in [2.45, 2.75) is 38.9 Å². The predicted octanol–water partition coefficient (Wildman–Crippen LogP) is 5.62. The number of rotatable bonds is 4. The van der Waals surface area contributed by atoms with Crippen LogP contribution in [0.2, 0.25) is 0 Å². The normalized spacial score (nSPS) is 13.4. The first-order valence-corrected chi connectivity index (χ1v) is 8.08. The third-order valence-electron chi connectivity index (χ3n) is 4.34. The van der Waals surface area contributed by atoms with E-state index in [1.807, 2.05) is 41.8 Å². The summed E-state index contributed by atoms with van der Waals surface area (Å²) in [5.74, 6) is 0.883. The Morgan fingerprint density at radius 3 is 2.33 bits per heavy atom. The molecule has 0 saturated heterocycles. The maximum Gasteiger partial charge on any atom is 0.416 e. The van der Waals surface area contributed by atoms with Gasteiger partial charge in [0, 0.05) is 12.5 Å². The molecule has 0 bridgehead atoms. The highest BCUT2D eigenvalue weighted by Crippen LogP contribution is 2.34. The topological polar surface area (TPSA) is 17.8 Å². The highest BCUT2D eigenvalue weighted by atomic mass is 19.4. The van der Waals surface area contributed by atoms with E-state index in [0.717, 1.165) is 35.5 Å². The van der Waals surface area contributed by atoms with Crippen LogP contribution in [-0.4, -0.2) is 9.55 Å². The van der Waals surface area contributed by atoms with Gasteiger partial charge in [-0.3, -0.25) is 0 Å². The van der Waals surface area contributed by atoms with E-state index in [9.17, 15) is 13.2 Å². The second kappa shape index (κ2) is 6.30. The van der Waals surface area contributed by atoms with Crippen LogP contribution >= 0.6 is 0 Å². The van der Waals surface area contributed by atoms with Crippen LogP contribution in [0.15, 0.2) is 48.5 Å². The second-order valence-corrected chi connectivity index (χ2v) is 5.79. The summed E-state index contributed by atoms with van der Waals surface area (Å²) < 4.78 is 40.9. The van der Waals surface area contributed by atoms with Crippen molar-refractivity contribution in [3.05, 3.63) is 65.5 Å². The molecule has 0 aliphatic carbocycles. The van der Waals surface area contributed by atoms with Crippen LogP contribution in [0.3, 0.4) is 0 Å². The first-order valence-electron chi connectivity index (χ1n) is 8.08. The monoisotopic (exact) mass is 332 g/mol. The van der Waals surface area contributed by atoms with Crippen molar-refractivity contribution in [3.63, 3.8) is 0 Å². The summed E-state index contributed by atoms with van der Waals surface area (Å²) >= 11 is 0. The largest absolute Gasteiger partial charge is 0.416 e. The molecule has 0 aliphatic heterocycles. The van der Waals surface area contributed by atoms with Gasteiger partial charge in [-0.15, -0.1) is 0 Å². The van der Waals surface area contributed by atoms with Gasteiger partial charge in [-0.1, -0.05) is 37.3 Å². The number of aromatic nitrogens is 2. The van der Waals surface area contributed by atoms with Gasteiger partial charge < -0.3 is 4.57 Å². The van der Waals surface area contributed by atoms with E-state index in [1.54, 1.807) is 0 Å². The van der Waals surface area contributed by atoms with Crippen molar-refractivity contribution in [3.8, 4) is 0 Å². The second-order valence-electron chi connectivity index (χ2n) is 5.79. The summed E-state index contributed by atoms with van der Waals surface area (Å²) in [7, 11) is 0. The third kappa shape index (κ3) is 2.90. The summed E-state index contributed by atoms with van der Waals surface area (Å²) in [4.78, 5) is 4.57. The highest BCUT2D eigenvalue weighted by molar-refractivity contribution is 5.77. The smallest absolute Gasteiger partial charge is 0.328 e. The van der Waals surface area contributed by atoms with Crippen LogP contribution in [-0.2, 0) is 12.7 Å². The van der Waals surface area contributed by atoms with Crippen molar-refractivity contribution >= 4 is 11.0 Å². The van der Waals surface area contributed by atoms with Crippen LogP contribution in [0.25, 0.3) is 11.0 Å². The number of benzene rings is 2. The lowest BCUT2D eigenvalue weighted by Crippen LogP contribution is -2.09. The fraction of sp³-hybridized carbons (Fsp3) is 0.316. The van der Waals surface area contributed by atoms with Gasteiger partial charge in [-0.25, -0.2) is 4.98 Å². The summed E-state index contributed by atoms with van der Waals surface area (Å²) in [6.45, 7) is 4.72. The number of halogens is 3. The lowest BCUT2D eigenvalue weighted by atomic mass is 9.95. The molecule has 0 aliphatic rings. The van der Waals surface area contributed by atoms with Crippen molar-refractivity contribution in [1.82, 2.24) is 9.55 Å². The Morgan fingerprint density at radius 1 is 1.04 bits per heavy atom. The van der Waals surface area contributed by atoms with E-state index >= 15 is 0 Å². The van der Waals surface area contributed by atoms with Crippen LogP contribution in [0.1, 0.15) is 43.1 Å². The maximum absolute atomic E-state index is 13.0. The average molecular weight is 332 g/mol. The van der Waals surface area contributed by atoms with Crippen molar-refractivity contribution in [2.75, 3.05) is 0 Å². The molecule has 0 amide bonds. The number of fused-ring (bicyclic) bond motifs is 1. The van der Waals surface area contributed by atoms with Gasteiger partial charge in [-0.2, -0.15) is 13.2 Å². The molecular formula is C19H19F3N2. The Bertz CT molecular complexity index is 835. The molecule has 5 heteroatoms. The number of imidazole rings is 1. The van der Waals surface area contributed by atoms with Gasteiger partial charge in [-0.05, 0) is 37.1 Å². The number of aryl methyl sites for hydroxylation is 1. The molecule has 0 spiro atoms. The molecule has 3 rings (SSSR count). The molecule has 2 aromatic carbocycles. The van der Waals surface area contributed by atoms with Crippen molar-refractivity contribution in [2.24, 2.45) is 0 Å². The third-order valence-corrected chi connectivity index (χ3v) is 4.34. The van der Waals surface area contributed by atoms with E-state index in [2.05, 4.69) is 11.9 Å². The number of hydrogen-bond acceptors (Lipinski definition) is 1.